The van der Waals surface area contributed by atoms with Crippen LogP contribution in [0.1, 0.15) is 25.3 Å². The van der Waals surface area contributed by atoms with Gasteiger partial charge in [0.2, 0.25) is 0 Å². The molecule has 0 bridgehead atoms. The molecule has 1 rings (SSSR count). The molecule has 0 spiro atoms. The van der Waals surface area contributed by atoms with E-state index in [0.29, 0.717) is 0 Å². The third kappa shape index (κ3) is 7.28. The number of nitrogens with one attached hydrogen (secondary N) is 1. The Kier molecular flexibility index (Phi) is 7.45. The Morgan fingerprint density at radius 1 is 1.14 bits per heavy atom. The Bertz CT molecular complexity index is 502. The van der Waals surface area contributed by atoms with Crippen molar-refractivity contribution in [2.45, 2.75) is 32.4 Å². The first-order valence-corrected chi connectivity index (χ1v) is 6.86. The van der Waals surface area contributed by atoms with Gasteiger partial charge in [0.05, 0.1) is 25.5 Å². The first-order valence-electron chi connectivity index (χ1n) is 6.86. The van der Waals surface area contributed by atoms with E-state index < -0.39 is 24.1 Å². The Balaban J connectivity index is 2.47. The number of esters is 1. The number of hydrogen-bond donors (Lipinski definition) is 2. The number of aliphatic carboxylic acids is 1. The van der Waals surface area contributed by atoms with Crippen molar-refractivity contribution in [2.24, 2.45) is 0 Å². The van der Waals surface area contributed by atoms with E-state index in [4.69, 9.17) is 14.6 Å². The van der Waals surface area contributed by atoms with E-state index >= 15 is 0 Å². The lowest BCUT2D eigenvalue weighted by atomic mass is 10.1. The third-order valence-electron chi connectivity index (χ3n) is 2.67. The molecule has 2 N–H and O–H groups in total. The molecule has 1 aromatic rings. The summed E-state index contributed by atoms with van der Waals surface area (Å²) in [6, 6.07) is 8.17. The largest absolute Gasteiger partial charge is 0.481 e. The molecule has 0 aromatic heterocycles. The molecule has 0 unspecified atom stereocenters. The van der Waals surface area contributed by atoms with Gasteiger partial charge in [-0.1, -0.05) is 30.3 Å². The highest BCUT2D eigenvalue weighted by Crippen LogP contribution is 2.04. The van der Waals surface area contributed by atoms with E-state index in [1.165, 1.54) is 0 Å². The molecule has 1 atom stereocenters. The molecule has 22 heavy (non-hydrogen) atoms. The van der Waals surface area contributed by atoms with Gasteiger partial charge in [-0.25, -0.2) is 4.79 Å². The molecule has 0 radical (unpaired) electrons. The molecule has 1 amide bonds. The van der Waals surface area contributed by atoms with Crippen LogP contribution >= 0.6 is 0 Å². The topological polar surface area (TPSA) is 102 Å². The van der Waals surface area contributed by atoms with Crippen LogP contribution in [0.15, 0.2) is 30.3 Å². The zero-order valence-corrected chi connectivity index (χ0v) is 12.3. The standard InChI is InChI=1S/C15H19NO6/c1-2-21-14(19)9-12(8-13(17)18)16-15(20)22-10-11-6-4-3-5-7-11/h3-7,12H,2,8-10H2,1H3,(H,16,20)(H,17,18)/t12-/m0/s1. The van der Waals surface area contributed by atoms with E-state index in [1.54, 1.807) is 19.1 Å². The molecule has 7 heteroatoms. The van der Waals surface area contributed by atoms with Gasteiger partial charge in [0.1, 0.15) is 6.61 Å². The Labute approximate surface area is 128 Å². The van der Waals surface area contributed by atoms with Crippen LogP contribution in [0.4, 0.5) is 4.79 Å². The summed E-state index contributed by atoms with van der Waals surface area (Å²) in [6.45, 7) is 1.90. The van der Waals surface area contributed by atoms with Crippen LogP contribution in [0.2, 0.25) is 0 Å². The van der Waals surface area contributed by atoms with Gasteiger partial charge in [-0.15, -0.1) is 0 Å². The van der Waals surface area contributed by atoms with Crippen molar-refractivity contribution in [3.63, 3.8) is 0 Å². The highest BCUT2D eigenvalue weighted by atomic mass is 16.5. The summed E-state index contributed by atoms with van der Waals surface area (Å²) in [4.78, 5) is 33.8. The predicted molar refractivity (Wildman–Crippen MR) is 77.1 cm³/mol. The van der Waals surface area contributed by atoms with Crippen molar-refractivity contribution in [2.75, 3.05) is 6.61 Å². The zero-order valence-electron chi connectivity index (χ0n) is 12.3. The monoisotopic (exact) mass is 309 g/mol. The molecule has 0 aliphatic heterocycles. The molecule has 0 aliphatic carbocycles. The molecule has 7 nitrogen and oxygen atoms in total. The number of carbonyl (C=O) groups is 3. The number of benzene rings is 1. The first-order chi connectivity index (χ1) is 10.5. The number of amides is 1. The van der Waals surface area contributed by atoms with Gasteiger partial charge in [-0.3, -0.25) is 9.59 Å². The fraction of sp³-hybridized carbons (Fsp3) is 0.400. The normalized spacial score (nSPS) is 11.3. The second-order valence-corrected chi connectivity index (χ2v) is 4.51. The van der Waals surface area contributed by atoms with Crippen molar-refractivity contribution in [3.8, 4) is 0 Å². The van der Waals surface area contributed by atoms with Crippen molar-refractivity contribution in [1.82, 2.24) is 5.32 Å². The summed E-state index contributed by atoms with van der Waals surface area (Å²) in [7, 11) is 0. The average Bonchev–Trinajstić information content (AvgIpc) is 2.45. The summed E-state index contributed by atoms with van der Waals surface area (Å²) in [5.74, 6) is -1.70. The van der Waals surface area contributed by atoms with E-state index in [-0.39, 0.29) is 26.1 Å². The van der Waals surface area contributed by atoms with Gasteiger partial charge < -0.3 is 19.9 Å². The average molecular weight is 309 g/mol. The van der Waals surface area contributed by atoms with Gasteiger partial charge in [0, 0.05) is 0 Å². The van der Waals surface area contributed by atoms with Crippen LogP contribution in [0.5, 0.6) is 0 Å². The maximum absolute atomic E-state index is 11.7. The Morgan fingerprint density at radius 3 is 2.41 bits per heavy atom. The van der Waals surface area contributed by atoms with Crippen LogP contribution in [0.3, 0.4) is 0 Å². The van der Waals surface area contributed by atoms with Crippen LogP contribution in [-0.2, 0) is 25.7 Å². The third-order valence-corrected chi connectivity index (χ3v) is 2.67. The predicted octanol–water partition coefficient (Wildman–Crippen LogP) is 1.71. The fourth-order valence-corrected chi connectivity index (χ4v) is 1.74. The molecule has 0 saturated carbocycles. The number of hydrogen-bond acceptors (Lipinski definition) is 5. The number of rotatable bonds is 8. The maximum atomic E-state index is 11.7. The SMILES string of the molecule is CCOC(=O)C[C@H](CC(=O)O)NC(=O)OCc1ccccc1. The molecular weight excluding hydrogens is 290 g/mol. The number of carbonyl (C=O) groups excluding carboxylic acids is 2. The van der Waals surface area contributed by atoms with Gasteiger partial charge in [-0.05, 0) is 12.5 Å². The maximum Gasteiger partial charge on any atom is 0.407 e. The van der Waals surface area contributed by atoms with E-state index in [2.05, 4.69) is 5.32 Å². The molecule has 0 aliphatic rings. The van der Waals surface area contributed by atoms with E-state index in [0.717, 1.165) is 5.56 Å². The van der Waals surface area contributed by atoms with Crippen LogP contribution in [-0.4, -0.2) is 35.8 Å². The molecule has 120 valence electrons. The quantitative estimate of drug-likeness (QED) is 0.709. The Hall–Kier alpha value is -2.57. The van der Waals surface area contributed by atoms with Gasteiger partial charge in [0.15, 0.2) is 0 Å². The molecular formula is C15H19NO6. The van der Waals surface area contributed by atoms with Gasteiger partial charge >= 0.3 is 18.0 Å². The molecule has 0 fully saturated rings. The summed E-state index contributed by atoms with van der Waals surface area (Å²) < 4.78 is 9.73. The number of alkyl carbamates (subject to hydrolysis) is 1. The lowest BCUT2D eigenvalue weighted by Gasteiger charge is -2.16. The lowest BCUT2D eigenvalue weighted by molar-refractivity contribution is -0.144. The second kappa shape index (κ2) is 9.38. The van der Waals surface area contributed by atoms with Crippen LogP contribution < -0.4 is 5.32 Å². The van der Waals surface area contributed by atoms with Crippen molar-refractivity contribution in [3.05, 3.63) is 35.9 Å². The van der Waals surface area contributed by atoms with Crippen molar-refractivity contribution >= 4 is 18.0 Å². The minimum atomic E-state index is -1.13. The number of carboxylic acids is 1. The highest BCUT2D eigenvalue weighted by molar-refractivity contribution is 5.75. The van der Waals surface area contributed by atoms with Gasteiger partial charge in [0.25, 0.3) is 0 Å². The number of ether oxygens (including phenoxy) is 2. The van der Waals surface area contributed by atoms with Crippen molar-refractivity contribution < 1.29 is 29.0 Å². The summed E-state index contributed by atoms with van der Waals surface area (Å²) in [6.07, 6.45) is -1.39. The first kappa shape index (κ1) is 17.5. The molecule has 0 heterocycles. The minimum absolute atomic E-state index is 0.0614. The number of carboxylic acid groups (broad SMARTS) is 1. The molecule has 1 aromatic carbocycles. The smallest absolute Gasteiger partial charge is 0.407 e. The Morgan fingerprint density at radius 2 is 1.82 bits per heavy atom. The zero-order chi connectivity index (χ0) is 16.4. The fourth-order valence-electron chi connectivity index (χ4n) is 1.74. The van der Waals surface area contributed by atoms with Crippen LogP contribution in [0, 0.1) is 0 Å². The highest BCUT2D eigenvalue weighted by Gasteiger charge is 2.20. The summed E-state index contributed by atoms with van der Waals surface area (Å²) >= 11 is 0. The van der Waals surface area contributed by atoms with Crippen molar-refractivity contribution in [1.29, 1.82) is 0 Å². The second-order valence-electron chi connectivity index (χ2n) is 4.51. The lowest BCUT2D eigenvalue weighted by Crippen LogP contribution is -2.38. The minimum Gasteiger partial charge on any atom is -0.481 e. The summed E-state index contributed by atoms with van der Waals surface area (Å²) in [5, 5.41) is 11.2. The van der Waals surface area contributed by atoms with Crippen LogP contribution in [0.25, 0.3) is 0 Å². The summed E-state index contributed by atoms with van der Waals surface area (Å²) in [5.41, 5.74) is 0.804. The molecule has 0 saturated heterocycles. The van der Waals surface area contributed by atoms with E-state index in [1.807, 2.05) is 18.2 Å². The van der Waals surface area contributed by atoms with E-state index in [9.17, 15) is 14.4 Å². The van der Waals surface area contributed by atoms with Gasteiger partial charge in [-0.2, -0.15) is 0 Å².